The highest BCUT2D eigenvalue weighted by molar-refractivity contribution is 8.00. The molecule has 1 unspecified atom stereocenters. The summed E-state index contributed by atoms with van der Waals surface area (Å²) in [5.74, 6) is -2.40. The number of thiophene rings is 1. The molecule has 3 amide bonds. The third-order valence-electron chi connectivity index (χ3n) is 6.50. The number of carboxylic acid groups (broad SMARTS) is 1. The third kappa shape index (κ3) is 7.77. The Balaban J connectivity index is 1.60. The van der Waals surface area contributed by atoms with Crippen LogP contribution >= 0.6 is 23.1 Å². The molecule has 0 aliphatic carbocycles. The van der Waals surface area contributed by atoms with Gasteiger partial charge in [0.15, 0.2) is 0 Å². The van der Waals surface area contributed by atoms with Gasteiger partial charge in [-0.3, -0.25) is 19.2 Å². The Morgan fingerprint density at radius 3 is 2.50 bits per heavy atom. The molecule has 3 N–H and O–H groups in total. The van der Waals surface area contributed by atoms with E-state index < -0.39 is 23.1 Å². The molecule has 0 spiro atoms. The zero-order valence-corrected chi connectivity index (χ0v) is 24.8. The average Bonchev–Trinajstić information content (AvgIpc) is 3.32. The number of nitrogens with one attached hydrogen (secondary N) is 2. The number of aliphatic carboxylic acids is 1. The molecule has 0 radical (unpaired) electrons. The number of thioether (sulfide) groups is 1. The van der Waals surface area contributed by atoms with Gasteiger partial charge in [-0.15, -0.1) is 23.1 Å². The van der Waals surface area contributed by atoms with Crippen molar-refractivity contribution < 1.29 is 33.8 Å². The Kier molecular flexibility index (Phi) is 10.4. The number of benzene rings is 2. The summed E-state index contributed by atoms with van der Waals surface area (Å²) in [5.41, 5.74) is 2.34. The van der Waals surface area contributed by atoms with Gasteiger partial charge in [0.25, 0.3) is 0 Å². The molecule has 220 valence electrons. The number of amides is 3. The van der Waals surface area contributed by atoms with E-state index in [1.807, 2.05) is 36.4 Å². The van der Waals surface area contributed by atoms with E-state index in [1.54, 1.807) is 30.0 Å². The molecule has 2 aromatic carbocycles. The molecule has 1 aliphatic heterocycles. The second-order valence-corrected chi connectivity index (χ2v) is 11.8. The predicted molar refractivity (Wildman–Crippen MR) is 161 cm³/mol. The van der Waals surface area contributed by atoms with Crippen molar-refractivity contribution in [1.82, 2.24) is 4.90 Å². The number of fused-ring (bicyclic) bond motifs is 1. The van der Waals surface area contributed by atoms with Crippen LogP contribution in [-0.4, -0.2) is 52.8 Å². The lowest BCUT2D eigenvalue weighted by molar-refractivity contribution is -0.138. The van der Waals surface area contributed by atoms with Crippen molar-refractivity contribution in [2.24, 2.45) is 0 Å². The van der Waals surface area contributed by atoms with E-state index in [9.17, 15) is 24.0 Å². The lowest BCUT2D eigenvalue weighted by atomic mass is 10.0. The van der Waals surface area contributed by atoms with Crippen molar-refractivity contribution in [2.45, 2.75) is 49.8 Å². The van der Waals surface area contributed by atoms with Crippen LogP contribution in [0.25, 0.3) is 0 Å². The fraction of sp³-hybridized carbons (Fsp3) is 0.300. The Morgan fingerprint density at radius 1 is 1.05 bits per heavy atom. The van der Waals surface area contributed by atoms with Crippen LogP contribution in [0.4, 0.5) is 10.7 Å². The van der Waals surface area contributed by atoms with Crippen LogP contribution in [0.15, 0.2) is 59.5 Å². The fourth-order valence-electron chi connectivity index (χ4n) is 4.48. The van der Waals surface area contributed by atoms with E-state index in [4.69, 9.17) is 9.84 Å². The van der Waals surface area contributed by atoms with E-state index in [-0.39, 0.29) is 31.3 Å². The number of anilines is 2. The SMILES string of the molecule is CCOC(=O)c1c(NC(=O)C(Sc2cccc(NC(=O)CCC(=O)O)c2)c2ccccc2)sc2c1CCN(C(C)=O)C2. The largest absolute Gasteiger partial charge is 0.481 e. The number of ether oxygens (including phenoxy) is 1. The minimum absolute atomic E-state index is 0.0573. The average molecular weight is 610 g/mol. The molecule has 1 aromatic heterocycles. The maximum atomic E-state index is 13.9. The first-order valence-electron chi connectivity index (χ1n) is 13.4. The molecule has 0 bridgehead atoms. The van der Waals surface area contributed by atoms with Crippen molar-refractivity contribution in [2.75, 3.05) is 23.8 Å². The zero-order chi connectivity index (χ0) is 30.2. The van der Waals surface area contributed by atoms with E-state index in [0.717, 1.165) is 16.0 Å². The number of hydrogen-bond acceptors (Lipinski definition) is 8. The summed E-state index contributed by atoms with van der Waals surface area (Å²) in [6, 6.07) is 16.1. The van der Waals surface area contributed by atoms with Gasteiger partial charge in [-0.25, -0.2) is 4.79 Å². The van der Waals surface area contributed by atoms with Crippen molar-refractivity contribution >= 4 is 63.4 Å². The summed E-state index contributed by atoms with van der Waals surface area (Å²) in [6.45, 7) is 4.25. The van der Waals surface area contributed by atoms with Crippen molar-refractivity contribution in [3.63, 3.8) is 0 Å². The molecule has 3 aromatic rings. The van der Waals surface area contributed by atoms with E-state index in [2.05, 4.69) is 10.6 Å². The molecule has 0 fully saturated rings. The predicted octanol–water partition coefficient (Wildman–Crippen LogP) is 5.10. The first kappa shape index (κ1) is 30.8. The van der Waals surface area contributed by atoms with Crippen LogP contribution < -0.4 is 10.6 Å². The number of carboxylic acids is 1. The molecule has 2 heterocycles. The summed E-state index contributed by atoms with van der Waals surface area (Å²) < 4.78 is 5.33. The first-order chi connectivity index (χ1) is 20.2. The fourth-order valence-corrected chi connectivity index (χ4v) is 6.82. The van der Waals surface area contributed by atoms with Crippen LogP contribution in [-0.2, 0) is 36.9 Å². The first-order valence-corrected chi connectivity index (χ1v) is 15.1. The van der Waals surface area contributed by atoms with Gasteiger partial charge in [-0.2, -0.15) is 0 Å². The van der Waals surface area contributed by atoms with Gasteiger partial charge in [0.05, 0.1) is 25.1 Å². The van der Waals surface area contributed by atoms with Crippen LogP contribution in [0.3, 0.4) is 0 Å². The summed E-state index contributed by atoms with van der Waals surface area (Å²) in [7, 11) is 0. The second-order valence-electron chi connectivity index (χ2n) is 9.49. The van der Waals surface area contributed by atoms with Gasteiger partial charge in [0.2, 0.25) is 17.7 Å². The van der Waals surface area contributed by atoms with Gasteiger partial charge >= 0.3 is 11.9 Å². The quantitative estimate of drug-likeness (QED) is 0.201. The molecule has 42 heavy (non-hydrogen) atoms. The van der Waals surface area contributed by atoms with Gasteiger partial charge in [0, 0.05) is 35.3 Å². The Bertz CT molecular complexity index is 1490. The van der Waals surface area contributed by atoms with Gasteiger partial charge in [-0.1, -0.05) is 36.4 Å². The minimum Gasteiger partial charge on any atom is -0.481 e. The lowest BCUT2D eigenvalue weighted by Gasteiger charge is -2.25. The van der Waals surface area contributed by atoms with E-state index in [1.165, 1.54) is 30.0 Å². The minimum atomic E-state index is -1.06. The van der Waals surface area contributed by atoms with Gasteiger partial charge in [0.1, 0.15) is 10.3 Å². The molecule has 10 nitrogen and oxygen atoms in total. The summed E-state index contributed by atoms with van der Waals surface area (Å²) in [6.07, 6.45) is 0.0556. The van der Waals surface area contributed by atoms with Crippen LogP contribution in [0.1, 0.15) is 58.3 Å². The normalized spacial score (nSPS) is 13.0. The summed E-state index contributed by atoms with van der Waals surface area (Å²) in [5, 5.41) is 14.2. The number of carbonyl (C=O) groups is 5. The third-order valence-corrected chi connectivity index (χ3v) is 8.88. The standard InChI is InChI=1S/C30H31N3O7S2/c1-3-40-30(39)26-22-14-15-33(18(2)34)17-23(22)42-29(26)32-28(38)27(19-8-5-4-6-9-19)41-21-11-7-10-20(16-21)31-24(35)12-13-25(36)37/h4-11,16,27H,3,12-15,17H2,1-2H3,(H,31,35)(H,32,38)(H,36,37). The van der Waals surface area contributed by atoms with E-state index >= 15 is 0 Å². The maximum Gasteiger partial charge on any atom is 0.341 e. The molecule has 12 heteroatoms. The number of hydrogen-bond donors (Lipinski definition) is 3. The monoisotopic (exact) mass is 609 g/mol. The summed E-state index contributed by atoms with van der Waals surface area (Å²) >= 11 is 2.55. The summed E-state index contributed by atoms with van der Waals surface area (Å²) in [4.78, 5) is 65.1. The lowest BCUT2D eigenvalue weighted by Crippen LogP contribution is -2.34. The van der Waals surface area contributed by atoms with Crippen molar-refractivity contribution in [3.05, 3.63) is 76.2 Å². The molecular formula is C30H31N3O7S2. The molecular weight excluding hydrogens is 578 g/mol. The van der Waals surface area contributed by atoms with Crippen LogP contribution in [0.5, 0.6) is 0 Å². The highest BCUT2D eigenvalue weighted by Gasteiger charge is 2.32. The van der Waals surface area contributed by atoms with Crippen LogP contribution in [0.2, 0.25) is 0 Å². The maximum absolute atomic E-state index is 13.9. The van der Waals surface area contributed by atoms with E-state index in [0.29, 0.717) is 40.7 Å². The number of rotatable bonds is 11. The number of nitrogens with zero attached hydrogens (tertiary/aromatic N) is 1. The number of esters is 1. The van der Waals surface area contributed by atoms with Crippen molar-refractivity contribution in [3.8, 4) is 0 Å². The molecule has 0 saturated carbocycles. The molecule has 1 atom stereocenters. The smallest absolute Gasteiger partial charge is 0.341 e. The van der Waals surface area contributed by atoms with Gasteiger partial charge < -0.3 is 25.4 Å². The number of carbonyl (C=O) groups excluding carboxylic acids is 4. The Labute approximate surface area is 251 Å². The van der Waals surface area contributed by atoms with Crippen molar-refractivity contribution in [1.29, 1.82) is 0 Å². The molecule has 1 aliphatic rings. The second kappa shape index (κ2) is 14.1. The molecule has 4 rings (SSSR count). The zero-order valence-electron chi connectivity index (χ0n) is 23.2. The topological polar surface area (TPSA) is 142 Å². The van der Waals surface area contributed by atoms with Gasteiger partial charge in [-0.05, 0) is 42.7 Å². The Morgan fingerprint density at radius 2 is 1.81 bits per heavy atom. The van der Waals surface area contributed by atoms with Crippen LogP contribution in [0, 0.1) is 0 Å². The Hall–Kier alpha value is -4.16. The molecule has 0 saturated heterocycles. The highest BCUT2D eigenvalue weighted by Crippen LogP contribution is 2.41. The highest BCUT2D eigenvalue weighted by atomic mass is 32.2.